The van der Waals surface area contributed by atoms with Crippen molar-refractivity contribution in [3.8, 4) is 0 Å². The molecule has 0 aliphatic heterocycles. The van der Waals surface area contributed by atoms with Crippen LogP contribution in [0.5, 0.6) is 0 Å². The molecule has 0 heterocycles. The Morgan fingerprint density at radius 1 is 1.11 bits per heavy atom. The van der Waals surface area contributed by atoms with Gasteiger partial charge in [-0.15, -0.1) is 0 Å². The first-order chi connectivity index (χ1) is 8.79. The van der Waals surface area contributed by atoms with Crippen molar-refractivity contribution in [1.29, 1.82) is 0 Å². The molecule has 0 bridgehead atoms. The Kier molecular flexibility index (Phi) is 35.9. The second kappa shape index (κ2) is 25.7. The van der Waals surface area contributed by atoms with E-state index >= 15 is 0 Å². The molecule has 0 saturated carbocycles. The SMILES string of the molecule is CC(C)=CCCC1C=CC=CC1.[C-]#[O+].[C-]#[O+].[C-]#[O+].[Fe]. The van der Waals surface area contributed by atoms with Crippen molar-refractivity contribution in [1.82, 2.24) is 0 Å². The molecule has 1 atom stereocenters. The second-order valence-corrected chi connectivity index (χ2v) is 3.67. The minimum Gasteiger partial charge on any atom is 0 e. The molecule has 0 aromatic heterocycles. The van der Waals surface area contributed by atoms with Crippen molar-refractivity contribution in [3.05, 3.63) is 55.9 Å². The van der Waals surface area contributed by atoms with E-state index in [2.05, 4.69) is 64.2 Å². The molecule has 0 fully saturated rings. The fourth-order valence-corrected chi connectivity index (χ4v) is 1.43. The maximum Gasteiger partial charge on any atom is 0 e. The molecule has 0 amide bonds. The van der Waals surface area contributed by atoms with Crippen LogP contribution in [0.2, 0.25) is 0 Å². The van der Waals surface area contributed by atoms with E-state index in [0.717, 1.165) is 5.92 Å². The summed E-state index contributed by atoms with van der Waals surface area (Å²) < 4.78 is 22.5. The molecule has 0 N–H and O–H groups in total. The summed E-state index contributed by atoms with van der Waals surface area (Å²) >= 11 is 0. The third-order valence-electron chi connectivity index (χ3n) is 2.16. The molecule has 1 aliphatic rings. The molecule has 1 rings (SSSR count). The summed E-state index contributed by atoms with van der Waals surface area (Å²) in [6.07, 6.45) is 15.0. The van der Waals surface area contributed by atoms with E-state index in [-0.39, 0.29) is 17.1 Å². The van der Waals surface area contributed by atoms with Gasteiger partial charge in [0, 0.05) is 17.1 Å². The number of hydrogen-bond acceptors (Lipinski definition) is 0. The van der Waals surface area contributed by atoms with E-state index in [1.165, 1.54) is 24.8 Å². The fraction of sp³-hybridized carbons (Fsp3) is 0.400. The zero-order valence-corrected chi connectivity index (χ0v) is 12.3. The van der Waals surface area contributed by atoms with Gasteiger partial charge in [0.2, 0.25) is 0 Å². The third kappa shape index (κ3) is 22.6. The molecular weight excluding hydrogens is 284 g/mol. The fourth-order valence-electron chi connectivity index (χ4n) is 1.43. The normalized spacial score (nSPS) is 13.6. The minimum atomic E-state index is 0. The summed E-state index contributed by atoms with van der Waals surface area (Å²) in [5.74, 6) is 0.783. The summed E-state index contributed by atoms with van der Waals surface area (Å²) in [5.41, 5.74) is 1.44. The second-order valence-electron chi connectivity index (χ2n) is 3.67. The smallest absolute Gasteiger partial charge is 0 e. The van der Waals surface area contributed by atoms with Crippen LogP contribution in [0.3, 0.4) is 0 Å². The van der Waals surface area contributed by atoms with Crippen LogP contribution >= 0.6 is 0 Å². The van der Waals surface area contributed by atoms with Crippen LogP contribution in [0.15, 0.2) is 36.0 Å². The van der Waals surface area contributed by atoms with Gasteiger partial charge < -0.3 is 0 Å². The van der Waals surface area contributed by atoms with Crippen LogP contribution in [0.25, 0.3) is 0 Å². The van der Waals surface area contributed by atoms with Crippen LogP contribution in [0.1, 0.15) is 33.1 Å². The third-order valence-corrected chi connectivity index (χ3v) is 2.16. The van der Waals surface area contributed by atoms with Crippen molar-refractivity contribution in [2.24, 2.45) is 5.92 Å². The van der Waals surface area contributed by atoms with E-state index in [1.54, 1.807) is 0 Å². The van der Waals surface area contributed by atoms with Gasteiger partial charge in [-0.2, -0.15) is 0 Å². The number of allylic oxidation sites excluding steroid dienone is 6. The Balaban J connectivity index is -0.000000142. The first-order valence-electron chi connectivity index (χ1n) is 5.37. The predicted octanol–water partition coefficient (Wildman–Crippen LogP) is 3.75. The molecule has 3 nitrogen and oxygen atoms in total. The van der Waals surface area contributed by atoms with Crippen molar-refractivity contribution in [2.45, 2.75) is 33.1 Å². The monoisotopic (exact) mass is 302 g/mol. The molecule has 0 aromatic carbocycles. The van der Waals surface area contributed by atoms with Gasteiger partial charge in [0.25, 0.3) is 0 Å². The Bertz CT molecular complexity index is 304. The molecule has 0 spiro atoms. The van der Waals surface area contributed by atoms with E-state index in [4.69, 9.17) is 14.0 Å². The van der Waals surface area contributed by atoms with Gasteiger partial charge >= 0.3 is 33.9 Å². The largest absolute Gasteiger partial charge is 0 e. The van der Waals surface area contributed by atoms with Crippen molar-refractivity contribution in [2.75, 3.05) is 0 Å². The molecule has 0 aromatic rings. The van der Waals surface area contributed by atoms with Crippen LogP contribution in [-0.2, 0) is 31.0 Å². The maximum absolute atomic E-state index is 7.50. The van der Waals surface area contributed by atoms with E-state index in [1.807, 2.05) is 0 Å². The molecule has 19 heavy (non-hydrogen) atoms. The topological polar surface area (TPSA) is 59.7 Å². The van der Waals surface area contributed by atoms with Gasteiger partial charge in [-0.05, 0) is 39.0 Å². The average molecular weight is 302 g/mol. The number of hydrogen-bond donors (Lipinski definition) is 0. The Morgan fingerprint density at radius 2 is 1.63 bits per heavy atom. The standard InChI is InChI=1S/C12H18.3CO.Fe/c1-11(2)7-6-10-12-8-4-3-5-9-12;3*1-2;/h3-5,7-8,12H,6,9-10H2,1-2H3;;;;. The Morgan fingerprint density at radius 3 is 2.00 bits per heavy atom. The zero-order chi connectivity index (χ0) is 14.8. The van der Waals surface area contributed by atoms with E-state index in [9.17, 15) is 0 Å². The van der Waals surface area contributed by atoms with Gasteiger partial charge in [-0.3, -0.25) is 0 Å². The van der Waals surface area contributed by atoms with Crippen molar-refractivity contribution >= 4 is 0 Å². The van der Waals surface area contributed by atoms with Crippen LogP contribution in [0.4, 0.5) is 0 Å². The van der Waals surface area contributed by atoms with E-state index in [0.29, 0.717) is 0 Å². The zero-order valence-electron chi connectivity index (χ0n) is 11.2. The van der Waals surface area contributed by atoms with Crippen LogP contribution in [-0.4, -0.2) is 0 Å². The first-order valence-corrected chi connectivity index (χ1v) is 5.37. The molecule has 1 unspecified atom stereocenters. The minimum absolute atomic E-state index is 0. The van der Waals surface area contributed by atoms with Crippen molar-refractivity contribution in [3.63, 3.8) is 0 Å². The Hall–Kier alpha value is -1.04. The maximum atomic E-state index is 7.50. The number of rotatable bonds is 3. The molecule has 1 aliphatic carbocycles. The molecule has 4 heteroatoms. The molecule has 0 radical (unpaired) electrons. The summed E-state index contributed by atoms with van der Waals surface area (Å²) in [6.45, 7) is 17.8. The Labute approximate surface area is 126 Å². The summed E-state index contributed by atoms with van der Waals surface area (Å²) in [6, 6.07) is 0. The van der Waals surface area contributed by atoms with Gasteiger partial charge in [-0.1, -0.05) is 36.0 Å². The van der Waals surface area contributed by atoms with Gasteiger partial charge in [0.15, 0.2) is 0 Å². The van der Waals surface area contributed by atoms with Crippen LogP contribution < -0.4 is 0 Å². The van der Waals surface area contributed by atoms with Gasteiger partial charge in [0.1, 0.15) is 0 Å². The van der Waals surface area contributed by atoms with Crippen LogP contribution in [0, 0.1) is 25.9 Å². The van der Waals surface area contributed by atoms with E-state index < -0.39 is 0 Å². The molecule has 104 valence electrons. The summed E-state index contributed by atoms with van der Waals surface area (Å²) in [5, 5.41) is 0. The first kappa shape index (κ1) is 26.5. The average Bonchev–Trinajstić information content (AvgIpc) is 2.46. The quantitative estimate of drug-likeness (QED) is 0.330. The predicted molar refractivity (Wildman–Crippen MR) is 66.8 cm³/mol. The van der Waals surface area contributed by atoms with Gasteiger partial charge in [-0.25, -0.2) is 0 Å². The molecular formula is C15H18FeO3. The molecule has 0 saturated heterocycles. The summed E-state index contributed by atoms with van der Waals surface area (Å²) in [7, 11) is 0. The summed E-state index contributed by atoms with van der Waals surface area (Å²) in [4.78, 5) is 0. The van der Waals surface area contributed by atoms with Crippen molar-refractivity contribution < 1.29 is 31.0 Å². The van der Waals surface area contributed by atoms with Gasteiger partial charge in [0.05, 0.1) is 0 Å².